The molecule has 1 amide bonds. The molecule has 1 aliphatic rings. The van der Waals surface area contributed by atoms with Crippen molar-refractivity contribution >= 4 is 17.5 Å². The van der Waals surface area contributed by atoms with Gasteiger partial charge in [-0.1, -0.05) is 23.7 Å². The maximum Gasteiger partial charge on any atom is 0.345 e. The molecule has 0 radical (unpaired) electrons. The second-order valence-electron chi connectivity index (χ2n) is 6.65. The monoisotopic (exact) mass is 392 g/mol. The van der Waals surface area contributed by atoms with Gasteiger partial charge in [-0.25, -0.2) is 9.48 Å². The Morgan fingerprint density at radius 3 is 2.63 bits per heavy atom. The molecule has 2 aromatic rings. The van der Waals surface area contributed by atoms with Crippen LogP contribution in [-0.2, 0) is 17.8 Å². The largest absolute Gasteiger partial charge is 0.383 e. The molecule has 7 nitrogen and oxygen atoms in total. The van der Waals surface area contributed by atoms with Crippen molar-refractivity contribution in [1.29, 1.82) is 0 Å². The van der Waals surface area contributed by atoms with E-state index in [9.17, 15) is 9.59 Å². The fourth-order valence-electron chi connectivity index (χ4n) is 3.53. The zero-order valence-corrected chi connectivity index (χ0v) is 16.5. The summed E-state index contributed by atoms with van der Waals surface area (Å²) >= 11 is 6.16. The Labute approximate surface area is 163 Å². The Morgan fingerprint density at radius 2 is 2.00 bits per heavy atom. The zero-order chi connectivity index (χ0) is 19.4. The smallest absolute Gasteiger partial charge is 0.345 e. The summed E-state index contributed by atoms with van der Waals surface area (Å²) in [4.78, 5) is 27.0. The highest BCUT2D eigenvalue weighted by Crippen LogP contribution is 2.28. The van der Waals surface area contributed by atoms with E-state index in [1.165, 1.54) is 4.68 Å². The van der Waals surface area contributed by atoms with E-state index in [0.717, 1.165) is 18.7 Å². The van der Waals surface area contributed by atoms with Gasteiger partial charge < -0.3 is 9.64 Å². The van der Waals surface area contributed by atoms with Gasteiger partial charge in [-0.2, -0.15) is 5.10 Å². The molecule has 1 saturated heterocycles. The highest BCUT2D eigenvalue weighted by atomic mass is 35.5. The van der Waals surface area contributed by atoms with Crippen LogP contribution >= 0.6 is 11.6 Å². The van der Waals surface area contributed by atoms with E-state index in [1.54, 1.807) is 23.8 Å². The molecule has 0 aliphatic carbocycles. The summed E-state index contributed by atoms with van der Waals surface area (Å²) in [5.74, 6) is 0.928. The first-order valence-corrected chi connectivity index (χ1v) is 9.64. The van der Waals surface area contributed by atoms with Crippen molar-refractivity contribution in [2.75, 3.05) is 26.8 Å². The summed E-state index contributed by atoms with van der Waals surface area (Å²) in [6, 6.07) is 7.12. The lowest BCUT2D eigenvalue weighted by molar-refractivity contribution is 0.0710. The first-order valence-electron chi connectivity index (χ1n) is 9.27. The highest BCUT2D eigenvalue weighted by Gasteiger charge is 2.29. The summed E-state index contributed by atoms with van der Waals surface area (Å²) in [7, 11) is 1.61. The molecule has 146 valence electrons. The molecule has 0 bridgehead atoms. The molecular weight excluding hydrogens is 368 g/mol. The number of hydrogen-bond acceptors (Lipinski definition) is 4. The van der Waals surface area contributed by atoms with Crippen LogP contribution in [0.2, 0.25) is 5.02 Å². The van der Waals surface area contributed by atoms with Crippen LogP contribution in [0.4, 0.5) is 0 Å². The number of carbonyl (C=O) groups is 1. The number of likely N-dealkylation sites (tertiary alicyclic amines) is 1. The fraction of sp³-hybridized carbons (Fsp3) is 0.526. The number of ether oxygens (including phenoxy) is 1. The molecule has 3 rings (SSSR count). The van der Waals surface area contributed by atoms with Crippen LogP contribution < -0.4 is 5.69 Å². The first kappa shape index (κ1) is 19.6. The number of methoxy groups -OCH3 is 1. The fourth-order valence-corrected chi connectivity index (χ4v) is 3.74. The van der Waals surface area contributed by atoms with E-state index >= 15 is 0 Å². The maximum absolute atomic E-state index is 12.7. The lowest BCUT2D eigenvalue weighted by atomic mass is 9.95. The highest BCUT2D eigenvalue weighted by molar-refractivity contribution is 6.33. The Morgan fingerprint density at radius 1 is 1.30 bits per heavy atom. The number of piperidine rings is 1. The Hall–Kier alpha value is -2.12. The summed E-state index contributed by atoms with van der Waals surface area (Å²) < 4.78 is 8.26. The minimum atomic E-state index is -0.0980. The van der Waals surface area contributed by atoms with E-state index in [4.69, 9.17) is 16.3 Å². The van der Waals surface area contributed by atoms with E-state index < -0.39 is 0 Å². The third-order valence-corrected chi connectivity index (χ3v) is 5.36. The Balaban J connectivity index is 1.71. The number of carbonyl (C=O) groups excluding carboxylic acids is 1. The van der Waals surface area contributed by atoms with Crippen LogP contribution in [0.15, 0.2) is 29.1 Å². The molecule has 1 aromatic heterocycles. The van der Waals surface area contributed by atoms with Gasteiger partial charge in [0.2, 0.25) is 0 Å². The first-order chi connectivity index (χ1) is 13.1. The molecule has 2 heterocycles. The SMILES string of the molecule is CCn1c(C2CCN(C(=O)c3ccccc3Cl)CC2)nn(CCOC)c1=O. The topological polar surface area (TPSA) is 69.4 Å². The van der Waals surface area contributed by atoms with Gasteiger partial charge >= 0.3 is 5.69 Å². The van der Waals surface area contributed by atoms with Crippen molar-refractivity contribution in [2.24, 2.45) is 0 Å². The standard InChI is InChI=1S/C19H25ClN4O3/c1-3-23-17(21-24(19(23)26)12-13-27-2)14-8-10-22(11-9-14)18(25)15-6-4-5-7-16(15)20/h4-7,14H,3,8-13H2,1-2H3. The maximum atomic E-state index is 12.7. The van der Waals surface area contributed by atoms with Gasteiger partial charge in [-0.3, -0.25) is 9.36 Å². The lowest BCUT2D eigenvalue weighted by Gasteiger charge is -2.31. The minimum absolute atomic E-state index is 0.0439. The number of aromatic nitrogens is 3. The number of nitrogens with zero attached hydrogens (tertiary/aromatic N) is 4. The van der Waals surface area contributed by atoms with Crippen molar-refractivity contribution in [1.82, 2.24) is 19.2 Å². The van der Waals surface area contributed by atoms with E-state index in [-0.39, 0.29) is 17.5 Å². The Kier molecular flexibility index (Phi) is 6.34. The van der Waals surface area contributed by atoms with Gasteiger partial charge in [0.25, 0.3) is 5.91 Å². The second-order valence-corrected chi connectivity index (χ2v) is 7.05. The molecule has 0 N–H and O–H groups in total. The van der Waals surface area contributed by atoms with Gasteiger partial charge in [0.1, 0.15) is 5.82 Å². The predicted molar refractivity (Wildman–Crippen MR) is 103 cm³/mol. The molecule has 8 heteroatoms. The van der Waals surface area contributed by atoms with Crippen LogP contribution in [0.25, 0.3) is 0 Å². The van der Waals surface area contributed by atoms with Crippen molar-refractivity contribution in [3.63, 3.8) is 0 Å². The summed E-state index contributed by atoms with van der Waals surface area (Å²) in [6.07, 6.45) is 1.55. The second kappa shape index (κ2) is 8.71. The normalized spacial score (nSPS) is 15.3. The minimum Gasteiger partial charge on any atom is -0.383 e. The molecule has 0 saturated carbocycles. The van der Waals surface area contributed by atoms with Crippen LogP contribution in [0.1, 0.15) is 41.9 Å². The lowest BCUT2D eigenvalue weighted by Crippen LogP contribution is -2.38. The summed E-state index contributed by atoms with van der Waals surface area (Å²) in [6.45, 7) is 4.67. The van der Waals surface area contributed by atoms with Gasteiger partial charge in [0, 0.05) is 32.7 Å². The zero-order valence-electron chi connectivity index (χ0n) is 15.7. The molecule has 1 fully saturated rings. The van der Waals surface area contributed by atoms with Crippen LogP contribution in [0.3, 0.4) is 0 Å². The molecule has 1 aliphatic heterocycles. The predicted octanol–water partition coefficient (Wildman–Crippen LogP) is 2.38. The third kappa shape index (κ3) is 4.09. The number of amides is 1. The molecule has 1 aromatic carbocycles. The van der Waals surface area contributed by atoms with Crippen LogP contribution in [0.5, 0.6) is 0 Å². The summed E-state index contributed by atoms with van der Waals surface area (Å²) in [5, 5.41) is 5.02. The van der Waals surface area contributed by atoms with Crippen molar-refractivity contribution in [3.05, 3.63) is 51.2 Å². The average molecular weight is 393 g/mol. The van der Waals surface area contributed by atoms with E-state index in [2.05, 4.69) is 5.10 Å². The number of rotatable bonds is 6. The average Bonchev–Trinajstić information content (AvgIpc) is 3.01. The van der Waals surface area contributed by atoms with Gasteiger partial charge in [0.05, 0.1) is 23.7 Å². The molecule has 0 unspecified atom stereocenters. The van der Waals surface area contributed by atoms with Crippen LogP contribution in [0, 0.1) is 0 Å². The number of hydrogen-bond donors (Lipinski definition) is 0. The molecular formula is C19H25ClN4O3. The summed E-state index contributed by atoms with van der Waals surface area (Å²) in [5.41, 5.74) is 0.436. The Bertz CT molecular complexity index is 853. The van der Waals surface area contributed by atoms with E-state index in [0.29, 0.717) is 43.4 Å². The van der Waals surface area contributed by atoms with Crippen molar-refractivity contribution < 1.29 is 9.53 Å². The van der Waals surface area contributed by atoms with Crippen molar-refractivity contribution in [3.8, 4) is 0 Å². The van der Waals surface area contributed by atoms with E-state index in [1.807, 2.05) is 24.0 Å². The number of benzene rings is 1. The van der Waals surface area contributed by atoms with Crippen LogP contribution in [-0.4, -0.2) is 52.0 Å². The van der Waals surface area contributed by atoms with Gasteiger partial charge in [-0.15, -0.1) is 0 Å². The van der Waals surface area contributed by atoms with Gasteiger partial charge in [0.15, 0.2) is 0 Å². The molecule has 27 heavy (non-hydrogen) atoms. The third-order valence-electron chi connectivity index (χ3n) is 5.03. The molecule has 0 spiro atoms. The van der Waals surface area contributed by atoms with Crippen molar-refractivity contribution in [2.45, 2.75) is 38.8 Å². The molecule has 0 atom stereocenters. The van der Waals surface area contributed by atoms with Gasteiger partial charge in [-0.05, 0) is 31.9 Å². The number of halogens is 1. The quantitative estimate of drug-likeness (QED) is 0.756.